The van der Waals surface area contributed by atoms with Gasteiger partial charge in [-0.25, -0.2) is 0 Å². The molecule has 0 N–H and O–H groups in total. The smallest absolute Gasteiger partial charge is 0.325 e. The molecule has 21 heavy (non-hydrogen) atoms. The van der Waals surface area contributed by atoms with Crippen molar-refractivity contribution in [3.05, 3.63) is 46.7 Å². The molecule has 0 spiro atoms. The molecule has 1 amide bonds. The molecule has 0 atom stereocenters. The Bertz CT molecular complexity index is 621. The highest BCUT2D eigenvalue weighted by Crippen LogP contribution is 2.29. The molecule has 2 aromatic rings. The molecule has 0 aliphatic carbocycles. The van der Waals surface area contributed by atoms with E-state index < -0.39 is 5.97 Å². The molecule has 2 rings (SSSR count). The third-order valence-electron chi connectivity index (χ3n) is 2.96. The summed E-state index contributed by atoms with van der Waals surface area (Å²) in [6, 6.07) is 11.7. The molecule has 4 nitrogen and oxygen atoms in total. The lowest BCUT2D eigenvalue weighted by Crippen LogP contribution is -2.32. The number of amides is 1. The average molecular weight is 303 g/mol. The lowest BCUT2D eigenvalue weighted by Gasteiger charge is -2.16. The van der Waals surface area contributed by atoms with Crippen molar-refractivity contribution < 1.29 is 14.3 Å². The van der Waals surface area contributed by atoms with Gasteiger partial charge in [0, 0.05) is 12.6 Å². The Kier molecular flexibility index (Phi) is 5.11. The third-order valence-corrected chi connectivity index (χ3v) is 3.86. The summed E-state index contributed by atoms with van der Waals surface area (Å²) < 4.78 is 4.87. The SMILES string of the molecule is CCOC(=O)CN(C)C(=O)c1sccc1-c1ccccc1. The van der Waals surface area contributed by atoms with Gasteiger partial charge in [-0.05, 0) is 23.9 Å². The summed E-state index contributed by atoms with van der Waals surface area (Å²) in [7, 11) is 1.60. The van der Waals surface area contributed by atoms with Crippen LogP contribution in [0.15, 0.2) is 41.8 Å². The van der Waals surface area contributed by atoms with E-state index in [1.54, 1.807) is 14.0 Å². The minimum Gasteiger partial charge on any atom is -0.465 e. The Morgan fingerprint density at radius 2 is 1.90 bits per heavy atom. The molecule has 1 aromatic carbocycles. The van der Waals surface area contributed by atoms with E-state index in [-0.39, 0.29) is 12.5 Å². The van der Waals surface area contributed by atoms with Crippen molar-refractivity contribution in [1.29, 1.82) is 0 Å². The van der Waals surface area contributed by atoms with E-state index in [4.69, 9.17) is 4.74 Å². The Hall–Kier alpha value is -2.14. The standard InChI is InChI=1S/C16H17NO3S/c1-3-20-14(18)11-17(2)16(19)15-13(9-10-21-15)12-7-5-4-6-8-12/h4-10H,3,11H2,1-2H3. The van der Waals surface area contributed by atoms with Gasteiger partial charge in [-0.1, -0.05) is 30.3 Å². The molecule has 1 heterocycles. The van der Waals surface area contributed by atoms with Crippen LogP contribution in [-0.4, -0.2) is 37.0 Å². The van der Waals surface area contributed by atoms with Crippen LogP contribution in [0.25, 0.3) is 11.1 Å². The summed E-state index contributed by atoms with van der Waals surface area (Å²) in [6.07, 6.45) is 0. The van der Waals surface area contributed by atoms with E-state index in [0.29, 0.717) is 11.5 Å². The fourth-order valence-electron chi connectivity index (χ4n) is 1.97. The zero-order valence-corrected chi connectivity index (χ0v) is 12.9. The number of hydrogen-bond donors (Lipinski definition) is 0. The third kappa shape index (κ3) is 3.70. The molecule has 0 radical (unpaired) electrons. The highest BCUT2D eigenvalue weighted by molar-refractivity contribution is 7.12. The first-order valence-electron chi connectivity index (χ1n) is 6.67. The van der Waals surface area contributed by atoms with Gasteiger partial charge >= 0.3 is 5.97 Å². The van der Waals surface area contributed by atoms with E-state index in [1.807, 2.05) is 41.8 Å². The van der Waals surface area contributed by atoms with Crippen molar-refractivity contribution in [3.63, 3.8) is 0 Å². The number of rotatable bonds is 5. The fourth-order valence-corrected chi connectivity index (χ4v) is 2.88. The maximum atomic E-state index is 12.5. The molecule has 0 aliphatic rings. The number of carbonyl (C=O) groups excluding carboxylic acids is 2. The van der Waals surface area contributed by atoms with Crippen LogP contribution >= 0.6 is 11.3 Å². The molecule has 0 saturated carbocycles. The zero-order chi connectivity index (χ0) is 15.2. The van der Waals surface area contributed by atoms with E-state index >= 15 is 0 Å². The van der Waals surface area contributed by atoms with E-state index in [2.05, 4.69) is 0 Å². The van der Waals surface area contributed by atoms with Crippen LogP contribution in [0, 0.1) is 0 Å². The highest BCUT2D eigenvalue weighted by atomic mass is 32.1. The normalized spacial score (nSPS) is 10.2. The predicted octanol–water partition coefficient (Wildman–Crippen LogP) is 3.05. The van der Waals surface area contributed by atoms with Crippen LogP contribution in [0.5, 0.6) is 0 Å². The van der Waals surface area contributed by atoms with Gasteiger partial charge in [0.05, 0.1) is 11.5 Å². The second-order valence-corrected chi connectivity index (χ2v) is 5.41. The number of hydrogen-bond acceptors (Lipinski definition) is 4. The predicted molar refractivity (Wildman–Crippen MR) is 83.3 cm³/mol. The molecule has 0 unspecified atom stereocenters. The van der Waals surface area contributed by atoms with Gasteiger partial charge in [0.2, 0.25) is 0 Å². The Morgan fingerprint density at radius 3 is 2.57 bits per heavy atom. The first kappa shape index (κ1) is 15.3. The molecule has 0 fully saturated rings. The van der Waals surface area contributed by atoms with Crippen LogP contribution in [-0.2, 0) is 9.53 Å². The van der Waals surface area contributed by atoms with Crippen LogP contribution < -0.4 is 0 Å². The van der Waals surface area contributed by atoms with E-state index in [0.717, 1.165) is 11.1 Å². The molecule has 0 aliphatic heterocycles. The zero-order valence-electron chi connectivity index (χ0n) is 12.0. The first-order chi connectivity index (χ1) is 10.1. The second-order valence-electron chi connectivity index (χ2n) is 4.50. The lowest BCUT2D eigenvalue weighted by molar-refractivity contribution is -0.143. The first-order valence-corrected chi connectivity index (χ1v) is 7.55. The number of benzene rings is 1. The number of esters is 1. The molecule has 5 heteroatoms. The van der Waals surface area contributed by atoms with Gasteiger partial charge in [-0.2, -0.15) is 0 Å². The van der Waals surface area contributed by atoms with E-state index in [9.17, 15) is 9.59 Å². The van der Waals surface area contributed by atoms with Crippen molar-refractivity contribution >= 4 is 23.2 Å². The number of thiophene rings is 1. The quantitative estimate of drug-likeness (QED) is 0.798. The van der Waals surface area contributed by atoms with Gasteiger partial charge in [-0.15, -0.1) is 11.3 Å². The fraction of sp³-hybridized carbons (Fsp3) is 0.250. The minimum atomic E-state index is -0.397. The highest BCUT2D eigenvalue weighted by Gasteiger charge is 2.20. The molecule has 1 aromatic heterocycles. The molecular formula is C16H17NO3S. The van der Waals surface area contributed by atoms with E-state index in [1.165, 1.54) is 16.2 Å². The molecule has 0 saturated heterocycles. The van der Waals surface area contributed by atoms with Crippen molar-refractivity contribution in [2.45, 2.75) is 6.92 Å². The number of nitrogens with zero attached hydrogens (tertiary/aromatic N) is 1. The van der Waals surface area contributed by atoms with Gasteiger partial charge in [-0.3, -0.25) is 9.59 Å². The number of carbonyl (C=O) groups is 2. The molecular weight excluding hydrogens is 286 g/mol. The van der Waals surface area contributed by atoms with Crippen molar-refractivity contribution in [2.24, 2.45) is 0 Å². The Balaban J connectivity index is 2.17. The maximum absolute atomic E-state index is 12.5. The van der Waals surface area contributed by atoms with Crippen molar-refractivity contribution in [3.8, 4) is 11.1 Å². The topological polar surface area (TPSA) is 46.6 Å². The van der Waals surface area contributed by atoms with Gasteiger partial charge in [0.15, 0.2) is 0 Å². The van der Waals surface area contributed by atoms with Gasteiger partial charge in [0.1, 0.15) is 6.54 Å². The summed E-state index contributed by atoms with van der Waals surface area (Å²) in [4.78, 5) is 26.0. The average Bonchev–Trinajstić information content (AvgIpc) is 2.96. The van der Waals surface area contributed by atoms with Crippen LogP contribution in [0.1, 0.15) is 16.6 Å². The van der Waals surface area contributed by atoms with Crippen molar-refractivity contribution in [1.82, 2.24) is 4.90 Å². The summed E-state index contributed by atoms with van der Waals surface area (Å²) >= 11 is 1.38. The van der Waals surface area contributed by atoms with Gasteiger partial charge < -0.3 is 9.64 Å². The second kappa shape index (κ2) is 7.04. The summed E-state index contributed by atoms with van der Waals surface area (Å²) in [6.45, 7) is 2.01. The minimum absolute atomic E-state index is 0.0429. The summed E-state index contributed by atoms with van der Waals surface area (Å²) in [5.74, 6) is -0.567. The molecule has 0 bridgehead atoms. The Labute approximate surface area is 128 Å². The maximum Gasteiger partial charge on any atom is 0.325 e. The van der Waals surface area contributed by atoms with Crippen LogP contribution in [0.3, 0.4) is 0 Å². The lowest BCUT2D eigenvalue weighted by atomic mass is 10.1. The van der Waals surface area contributed by atoms with Gasteiger partial charge in [0.25, 0.3) is 5.91 Å². The largest absolute Gasteiger partial charge is 0.465 e. The van der Waals surface area contributed by atoms with Crippen molar-refractivity contribution in [2.75, 3.05) is 20.2 Å². The summed E-state index contributed by atoms with van der Waals surface area (Å²) in [5.41, 5.74) is 1.88. The monoisotopic (exact) mass is 303 g/mol. The van der Waals surface area contributed by atoms with Crippen LogP contribution in [0.4, 0.5) is 0 Å². The Morgan fingerprint density at radius 1 is 1.19 bits per heavy atom. The number of ether oxygens (including phenoxy) is 1. The number of likely N-dealkylation sites (N-methyl/N-ethyl adjacent to an activating group) is 1. The van der Waals surface area contributed by atoms with Crippen LogP contribution in [0.2, 0.25) is 0 Å². The summed E-state index contributed by atoms with van der Waals surface area (Å²) in [5, 5.41) is 1.88. The molecule has 110 valence electrons.